The minimum atomic E-state index is -0.510. The van der Waals surface area contributed by atoms with Crippen LogP contribution >= 0.6 is 22.9 Å². The van der Waals surface area contributed by atoms with Crippen molar-refractivity contribution >= 4 is 34.3 Å². The van der Waals surface area contributed by atoms with E-state index in [0.717, 1.165) is 5.69 Å². The number of nitro groups is 1. The molecule has 0 aromatic carbocycles. The lowest BCUT2D eigenvalue weighted by atomic mass is 10.3. The van der Waals surface area contributed by atoms with E-state index in [1.807, 2.05) is 5.38 Å². The van der Waals surface area contributed by atoms with Crippen LogP contribution in [0.15, 0.2) is 23.3 Å². The Morgan fingerprint density at radius 3 is 3.00 bits per heavy atom. The van der Waals surface area contributed by atoms with Gasteiger partial charge in [-0.3, -0.25) is 15.1 Å². The number of rotatable bonds is 5. The maximum Gasteiger partial charge on any atom is 0.311 e. The molecule has 0 aliphatic rings. The minimum absolute atomic E-state index is 0.124. The summed E-state index contributed by atoms with van der Waals surface area (Å²) in [6, 6.07) is 0. The molecule has 0 saturated carbocycles. The molecule has 0 saturated heterocycles. The van der Waals surface area contributed by atoms with E-state index < -0.39 is 4.92 Å². The Morgan fingerprint density at radius 2 is 2.33 bits per heavy atom. The largest absolute Gasteiger partial charge is 0.378 e. The van der Waals surface area contributed by atoms with Gasteiger partial charge >= 0.3 is 5.69 Å². The number of halogens is 1. The lowest BCUT2D eigenvalue weighted by Gasteiger charge is -2.07. The Hall–Kier alpha value is -1.73. The number of pyridine rings is 1. The SMILES string of the molecule is O=[N+]([O-])c1cncc(Cl)c1NCCc1cscn1. The maximum atomic E-state index is 10.8. The van der Waals surface area contributed by atoms with Crippen LogP contribution < -0.4 is 5.32 Å². The summed E-state index contributed by atoms with van der Waals surface area (Å²) in [7, 11) is 0. The van der Waals surface area contributed by atoms with E-state index in [1.165, 1.54) is 23.7 Å². The first-order chi connectivity index (χ1) is 8.68. The van der Waals surface area contributed by atoms with Gasteiger partial charge in [-0.05, 0) is 0 Å². The second-order valence-corrected chi connectivity index (χ2v) is 4.56. The molecule has 0 aliphatic heterocycles. The molecule has 2 rings (SSSR count). The summed E-state index contributed by atoms with van der Waals surface area (Å²) in [6.07, 6.45) is 3.23. The van der Waals surface area contributed by atoms with Crippen LogP contribution in [0.1, 0.15) is 5.69 Å². The van der Waals surface area contributed by atoms with E-state index in [4.69, 9.17) is 11.6 Å². The average Bonchev–Trinajstić information content (AvgIpc) is 2.84. The Labute approximate surface area is 112 Å². The van der Waals surface area contributed by atoms with Crippen LogP contribution in [-0.4, -0.2) is 21.4 Å². The van der Waals surface area contributed by atoms with Gasteiger partial charge in [0.25, 0.3) is 0 Å². The fourth-order valence-corrected chi connectivity index (χ4v) is 2.23. The normalized spacial score (nSPS) is 10.3. The van der Waals surface area contributed by atoms with Crippen LogP contribution in [0.5, 0.6) is 0 Å². The van der Waals surface area contributed by atoms with Crippen LogP contribution in [0.2, 0.25) is 5.02 Å². The molecule has 0 spiro atoms. The molecule has 0 bridgehead atoms. The summed E-state index contributed by atoms with van der Waals surface area (Å²) in [5, 5.41) is 15.9. The van der Waals surface area contributed by atoms with Gasteiger partial charge < -0.3 is 5.32 Å². The third-order valence-corrected chi connectivity index (χ3v) is 3.16. The first-order valence-corrected chi connectivity index (χ1v) is 6.39. The van der Waals surface area contributed by atoms with Gasteiger partial charge in [0.1, 0.15) is 11.9 Å². The van der Waals surface area contributed by atoms with Crippen molar-refractivity contribution < 1.29 is 4.92 Å². The highest BCUT2D eigenvalue weighted by molar-refractivity contribution is 7.07. The molecule has 0 atom stereocenters. The molecule has 1 N–H and O–H groups in total. The van der Waals surface area contributed by atoms with Crippen molar-refractivity contribution in [1.29, 1.82) is 0 Å². The molecule has 18 heavy (non-hydrogen) atoms. The van der Waals surface area contributed by atoms with Gasteiger partial charge in [-0.2, -0.15) is 0 Å². The monoisotopic (exact) mass is 284 g/mol. The third kappa shape index (κ3) is 2.93. The maximum absolute atomic E-state index is 10.8. The van der Waals surface area contributed by atoms with Gasteiger partial charge in [0, 0.05) is 24.5 Å². The number of nitrogens with zero attached hydrogens (tertiary/aromatic N) is 3. The number of hydrogen-bond donors (Lipinski definition) is 1. The summed E-state index contributed by atoms with van der Waals surface area (Å²) >= 11 is 7.40. The standard InChI is InChI=1S/C10H9ClN4O2S/c11-8-3-12-4-9(15(16)17)10(8)13-2-1-7-5-18-6-14-7/h3-6H,1-2H2,(H,12,13). The van der Waals surface area contributed by atoms with E-state index in [9.17, 15) is 10.1 Å². The number of aromatic nitrogens is 2. The summed E-state index contributed by atoms with van der Waals surface area (Å²) in [5.41, 5.74) is 2.87. The van der Waals surface area contributed by atoms with Crippen molar-refractivity contribution in [2.24, 2.45) is 0 Å². The van der Waals surface area contributed by atoms with Gasteiger partial charge in [-0.1, -0.05) is 11.6 Å². The van der Waals surface area contributed by atoms with Gasteiger partial charge in [-0.15, -0.1) is 11.3 Å². The molecule has 2 aromatic rings. The highest BCUT2D eigenvalue weighted by Gasteiger charge is 2.16. The quantitative estimate of drug-likeness (QED) is 0.674. The Balaban J connectivity index is 2.06. The molecule has 0 amide bonds. The number of thiazole rings is 1. The Kier molecular flexibility index (Phi) is 4.06. The Bertz CT molecular complexity index is 547. The molecular weight excluding hydrogens is 276 g/mol. The summed E-state index contributed by atoms with van der Waals surface area (Å²) in [5.74, 6) is 0. The van der Waals surface area contributed by atoms with Gasteiger partial charge in [0.05, 0.1) is 21.2 Å². The topological polar surface area (TPSA) is 81.0 Å². The van der Waals surface area contributed by atoms with Crippen molar-refractivity contribution in [2.75, 3.05) is 11.9 Å². The highest BCUT2D eigenvalue weighted by atomic mass is 35.5. The minimum Gasteiger partial charge on any atom is -0.378 e. The van der Waals surface area contributed by atoms with Crippen LogP contribution in [0, 0.1) is 10.1 Å². The van der Waals surface area contributed by atoms with Gasteiger partial charge in [0.15, 0.2) is 0 Å². The van der Waals surface area contributed by atoms with Crippen molar-refractivity contribution in [2.45, 2.75) is 6.42 Å². The molecular formula is C10H9ClN4O2S. The van der Waals surface area contributed by atoms with Gasteiger partial charge in [-0.25, -0.2) is 4.98 Å². The molecule has 0 fully saturated rings. The van der Waals surface area contributed by atoms with Crippen molar-refractivity contribution in [3.8, 4) is 0 Å². The second-order valence-electron chi connectivity index (χ2n) is 3.43. The molecule has 2 heterocycles. The number of nitrogens with one attached hydrogen (secondary N) is 1. The second kappa shape index (κ2) is 5.74. The van der Waals surface area contributed by atoms with Gasteiger partial charge in [0.2, 0.25) is 0 Å². The van der Waals surface area contributed by atoms with Crippen LogP contribution in [0.25, 0.3) is 0 Å². The van der Waals surface area contributed by atoms with Crippen LogP contribution in [0.4, 0.5) is 11.4 Å². The third-order valence-electron chi connectivity index (χ3n) is 2.24. The van der Waals surface area contributed by atoms with E-state index in [0.29, 0.717) is 18.7 Å². The van der Waals surface area contributed by atoms with Crippen molar-refractivity contribution in [1.82, 2.24) is 9.97 Å². The lowest BCUT2D eigenvalue weighted by Crippen LogP contribution is -2.08. The summed E-state index contributed by atoms with van der Waals surface area (Å²) < 4.78 is 0. The average molecular weight is 285 g/mol. The molecule has 0 aliphatic carbocycles. The van der Waals surface area contributed by atoms with Crippen molar-refractivity contribution in [3.63, 3.8) is 0 Å². The molecule has 0 radical (unpaired) electrons. The first kappa shape index (κ1) is 12.7. The zero-order valence-electron chi connectivity index (χ0n) is 9.17. The number of hydrogen-bond acceptors (Lipinski definition) is 6. The smallest absolute Gasteiger partial charge is 0.311 e. The highest BCUT2D eigenvalue weighted by Crippen LogP contribution is 2.30. The first-order valence-electron chi connectivity index (χ1n) is 5.07. The van der Waals surface area contributed by atoms with Crippen LogP contribution in [-0.2, 0) is 6.42 Å². The number of anilines is 1. The fraction of sp³-hybridized carbons (Fsp3) is 0.200. The van der Waals surface area contributed by atoms with Crippen molar-refractivity contribution in [3.05, 3.63) is 44.1 Å². The van der Waals surface area contributed by atoms with E-state index in [1.54, 1.807) is 5.51 Å². The van der Waals surface area contributed by atoms with Crippen LogP contribution in [0.3, 0.4) is 0 Å². The molecule has 0 unspecified atom stereocenters. The van der Waals surface area contributed by atoms with E-state index in [2.05, 4.69) is 15.3 Å². The molecule has 6 nitrogen and oxygen atoms in total. The lowest BCUT2D eigenvalue weighted by molar-refractivity contribution is -0.384. The molecule has 94 valence electrons. The summed E-state index contributed by atoms with van der Waals surface area (Å²) in [6.45, 7) is 0.522. The zero-order valence-corrected chi connectivity index (χ0v) is 10.7. The zero-order chi connectivity index (χ0) is 13.0. The predicted octanol–water partition coefficient (Wildman–Crippen LogP) is 2.75. The molecule has 8 heteroatoms. The van der Waals surface area contributed by atoms with E-state index in [-0.39, 0.29) is 10.7 Å². The fourth-order valence-electron chi connectivity index (χ4n) is 1.41. The predicted molar refractivity (Wildman–Crippen MR) is 70.2 cm³/mol. The summed E-state index contributed by atoms with van der Waals surface area (Å²) in [4.78, 5) is 18.1. The van der Waals surface area contributed by atoms with E-state index >= 15 is 0 Å². The molecule has 2 aromatic heterocycles. The Morgan fingerprint density at radius 1 is 1.50 bits per heavy atom.